The highest BCUT2D eigenvalue weighted by molar-refractivity contribution is 5.98. The maximum absolute atomic E-state index is 2.34. The molecule has 0 saturated carbocycles. The Kier molecular flexibility index (Phi) is 6.00. The van der Waals surface area contributed by atoms with Crippen LogP contribution >= 0.6 is 0 Å². The second-order valence-corrected chi connectivity index (χ2v) is 8.99. The Morgan fingerprint density at radius 2 is 0.528 bits per heavy atom. The molecule has 6 rings (SSSR count). The first kappa shape index (κ1) is 21.8. The Bertz CT molecular complexity index is 1500. The molecule has 0 bridgehead atoms. The highest BCUT2D eigenvalue weighted by atomic mass is 14.2. The van der Waals surface area contributed by atoms with E-state index >= 15 is 0 Å². The Hall–Kier alpha value is -4.68. The van der Waals surface area contributed by atoms with Gasteiger partial charge in [0.2, 0.25) is 0 Å². The summed E-state index contributed by atoms with van der Waals surface area (Å²) in [5, 5.41) is 0. The highest BCUT2D eigenvalue weighted by Gasteiger charge is 2.17. The van der Waals surface area contributed by atoms with Crippen LogP contribution in [-0.4, -0.2) is 0 Å². The van der Waals surface area contributed by atoms with Gasteiger partial charge in [-0.2, -0.15) is 0 Å². The molecular weight excluding hydrogens is 432 g/mol. The molecule has 0 aromatic heterocycles. The molecule has 6 aromatic carbocycles. The lowest BCUT2D eigenvalue weighted by Crippen LogP contribution is -1.93. The predicted molar refractivity (Wildman–Crippen MR) is 154 cm³/mol. The van der Waals surface area contributed by atoms with Crippen LogP contribution in [0.5, 0.6) is 0 Å². The van der Waals surface area contributed by atoms with Crippen molar-refractivity contribution in [3.63, 3.8) is 0 Å². The van der Waals surface area contributed by atoms with Crippen LogP contribution in [0.25, 0.3) is 55.6 Å². The fourth-order valence-corrected chi connectivity index (χ4v) is 4.90. The molecule has 0 saturated heterocycles. The molecular formula is C36H26. The molecule has 0 unspecified atom stereocenters. The van der Waals surface area contributed by atoms with Gasteiger partial charge in [-0.25, -0.2) is 0 Å². The van der Waals surface area contributed by atoms with Crippen molar-refractivity contribution in [2.75, 3.05) is 0 Å². The van der Waals surface area contributed by atoms with Crippen LogP contribution in [-0.2, 0) is 0 Å². The van der Waals surface area contributed by atoms with Gasteiger partial charge in [0.05, 0.1) is 0 Å². The van der Waals surface area contributed by atoms with Gasteiger partial charge in [0.15, 0.2) is 0 Å². The summed E-state index contributed by atoms with van der Waals surface area (Å²) in [6.45, 7) is 0. The van der Waals surface area contributed by atoms with E-state index in [9.17, 15) is 0 Å². The quantitative estimate of drug-likeness (QED) is 0.241. The van der Waals surface area contributed by atoms with E-state index in [1.165, 1.54) is 55.6 Å². The molecule has 0 spiro atoms. The van der Waals surface area contributed by atoms with Crippen LogP contribution in [0.1, 0.15) is 0 Å². The average molecular weight is 459 g/mol. The van der Waals surface area contributed by atoms with Crippen molar-refractivity contribution in [1.29, 1.82) is 0 Å². The number of hydrogen-bond acceptors (Lipinski definition) is 0. The summed E-state index contributed by atoms with van der Waals surface area (Å²) >= 11 is 0. The molecule has 0 amide bonds. The molecule has 0 radical (unpaired) electrons. The van der Waals surface area contributed by atoms with E-state index in [4.69, 9.17) is 0 Å². The smallest absolute Gasteiger partial charge is 0.00264 e. The van der Waals surface area contributed by atoms with Crippen molar-refractivity contribution in [3.8, 4) is 55.6 Å². The number of benzene rings is 6. The summed E-state index contributed by atoms with van der Waals surface area (Å²) < 4.78 is 0. The molecule has 0 aliphatic heterocycles. The zero-order valence-electron chi connectivity index (χ0n) is 20.0. The van der Waals surface area contributed by atoms with Gasteiger partial charge in [0.1, 0.15) is 0 Å². The second-order valence-electron chi connectivity index (χ2n) is 8.99. The van der Waals surface area contributed by atoms with Gasteiger partial charge >= 0.3 is 0 Å². The van der Waals surface area contributed by atoms with Crippen LogP contribution in [0.15, 0.2) is 158 Å². The summed E-state index contributed by atoms with van der Waals surface area (Å²) in [6.07, 6.45) is 0. The third-order valence-corrected chi connectivity index (χ3v) is 6.70. The van der Waals surface area contributed by atoms with Crippen LogP contribution in [0.3, 0.4) is 0 Å². The lowest BCUT2D eigenvalue weighted by molar-refractivity contribution is 1.54. The molecule has 0 heteroatoms. The topological polar surface area (TPSA) is 0 Å². The summed E-state index contributed by atoms with van der Waals surface area (Å²) in [5.41, 5.74) is 12.3. The van der Waals surface area contributed by atoms with Crippen molar-refractivity contribution in [2.24, 2.45) is 0 Å². The molecule has 0 fully saturated rings. The van der Waals surface area contributed by atoms with E-state index in [2.05, 4.69) is 158 Å². The normalized spacial score (nSPS) is 10.8. The SMILES string of the molecule is c1ccc(-c2ccc(-c3c(-c4ccccc4)cc(-c4ccccc4)cc3-c3ccccc3)cc2)cc1. The molecule has 36 heavy (non-hydrogen) atoms. The van der Waals surface area contributed by atoms with E-state index in [1.807, 2.05) is 0 Å². The monoisotopic (exact) mass is 458 g/mol. The summed E-state index contributed by atoms with van der Waals surface area (Å²) in [4.78, 5) is 0. The molecule has 0 N–H and O–H groups in total. The molecule has 0 atom stereocenters. The minimum Gasteiger partial charge on any atom is -0.0622 e. The van der Waals surface area contributed by atoms with Gasteiger partial charge in [-0.1, -0.05) is 146 Å². The molecule has 6 aromatic rings. The molecule has 0 nitrogen and oxygen atoms in total. The zero-order valence-corrected chi connectivity index (χ0v) is 20.0. The van der Waals surface area contributed by atoms with Crippen LogP contribution in [0, 0.1) is 0 Å². The van der Waals surface area contributed by atoms with Gasteiger partial charge in [0, 0.05) is 0 Å². The Morgan fingerprint density at radius 1 is 0.222 bits per heavy atom. The first-order valence-corrected chi connectivity index (χ1v) is 12.4. The maximum atomic E-state index is 2.34. The average Bonchev–Trinajstić information content (AvgIpc) is 2.98. The minimum absolute atomic E-state index is 1.21. The van der Waals surface area contributed by atoms with Gasteiger partial charge in [-0.15, -0.1) is 0 Å². The van der Waals surface area contributed by atoms with E-state index in [-0.39, 0.29) is 0 Å². The Morgan fingerprint density at radius 3 is 0.944 bits per heavy atom. The Balaban J connectivity index is 1.61. The minimum atomic E-state index is 1.21. The molecule has 0 aliphatic rings. The molecule has 0 heterocycles. The predicted octanol–water partition coefficient (Wildman–Crippen LogP) is 10.0. The van der Waals surface area contributed by atoms with Crippen molar-refractivity contribution in [1.82, 2.24) is 0 Å². The summed E-state index contributed by atoms with van der Waals surface area (Å²) in [6, 6.07) is 56.4. The maximum Gasteiger partial charge on any atom is -0.00264 e. The van der Waals surface area contributed by atoms with E-state index < -0.39 is 0 Å². The van der Waals surface area contributed by atoms with Crippen molar-refractivity contribution in [2.45, 2.75) is 0 Å². The van der Waals surface area contributed by atoms with Crippen LogP contribution in [0.2, 0.25) is 0 Å². The van der Waals surface area contributed by atoms with Crippen molar-refractivity contribution < 1.29 is 0 Å². The standard InChI is InChI=1S/C36H26/c1-5-13-27(14-6-1)29-21-23-32(24-22-29)36-34(30-17-9-3-10-18-30)25-33(28-15-7-2-8-16-28)26-35(36)31-19-11-4-12-20-31/h1-26H. The van der Waals surface area contributed by atoms with Crippen LogP contribution in [0.4, 0.5) is 0 Å². The first-order valence-electron chi connectivity index (χ1n) is 12.4. The zero-order chi connectivity index (χ0) is 24.2. The number of rotatable bonds is 5. The first-order chi connectivity index (χ1) is 17.9. The van der Waals surface area contributed by atoms with Crippen LogP contribution < -0.4 is 0 Å². The lowest BCUT2D eigenvalue weighted by atomic mass is 9.84. The highest BCUT2D eigenvalue weighted by Crippen LogP contribution is 2.43. The van der Waals surface area contributed by atoms with Crippen molar-refractivity contribution in [3.05, 3.63) is 158 Å². The fraction of sp³-hybridized carbons (Fsp3) is 0. The summed E-state index contributed by atoms with van der Waals surface area (Å²) in [7, 11) is 0. The number of hydrogen-bond donors (Lipinski definition) is 0. The lowest BCUT2D eigenvalue weighted by Gasteiger charge is -2.19. The summed E-state index contributed by atoms with van der Waals surface area (Å²) in [5.74, 6) is 0. The van der Waals surface area contributed by atoms with E-state index in [0.717, 1.165) is 0 Å². The van der Waals surface area contributed by atoms with Gasteiger partial charge in [-0.05, 0) is 67.8 Å². The molecule has 170 valence electrons. The fourth-order valence-electron chi connectivity index (χ4n) is 4.90. The molecule has 0 aliphatic carbocycles. The largest absolute Gasteiger partial charge is 0.0622 e. The Labute approximate surface area is 213 Å². The van der Waals surface area contributed by atoms with Crippen molar-refractivity contribution >= 4 is 0 Å². The van der Waals surface area contributed by atoms with E-state index in [1.54, 1.807) is 0 Å². The third-order valence-electron chi connectivity index (χ3n) is 6.70. The van der Waals surface area contributed by atoms with Gasteiger partial charge in [0.25, 0.3) is 0 Å². The van der Waals surface area contributed by atoms with Gasteiger partial charge in [-0.3, -0.25) is 0 Å². The second kappa shape index (κ2) is 9.90. The van der Waals surface area contributed by atoms with E-state index in [0.29, 0.717) is 0 Å². The van der Waals surface area contributed by atoms with Gasteiger partial charge < -0.3 is 0 Å². The third kappa shape index (κ3) is 4.37.